The van der Waals surface area contributed by atoms with Crippen LogP contribution in [-0.4, -0.2) is 69.5 Å². The van der Waals surface area contributed by atoms with Gasteiger partial charge in [-0.2, -0.15) is 0 Å². The van der Waals surface area contributed by atoms with Crippen LogP contribution >= 0.6 is 0 Å². The second-order valence-electron chi connectivity index (χ2n) is 8.66. The number of nitrogens with two attached hydrogens (primary N) is 1. The van der Waals surface area contributed by atoms with Gasteiger partial charge >= 0.3 is 6.09 Å². The van der Waals surface area contributed by atoms with E-state index in [0.717, 1.165) is 76.1 Å². The van der Waals surface area contributed by atoms with Crippen molar-refractivity contribution < 1.29 is 19.0 Å². The van der Waals surface area contributed by atoms with Gasteiger partial charge in [0.05, 0.1) is 19.5 Å². The highest BCUT2D eigenvalue weighted by atomic mass is 16.6. The highest BCUT2D eigenvalue weighted by molar-refractivity contribution is 5.81. The smallest absolute Gasteiger partial charge is 0.410 e. The van der Waals surface area contributed by atoms with Crippen molar-refractivity contribution in [3.05, 3.63) is 12.2 Å². The van der Waals surface area contributed by atoms with Gasteiger partial charge in [0.2, 0.25) is 0 Å². The molecular formula is C21H30N6O4. The van der Waals surface area contributed by atoms with E-state index in [-0.39, 0.29) is 18.4 Å². The number of ether oxygens (including phenoxy) is 3. The highest BCUT2D eigenvalue weighted by Gasteiger charge is 2.28. The van der Waals surface area contributed by atoms with Crippen molar-refractivity contribution in [1.82, 2.24) is 24.4 Å². The molecule has 3 aliphatic rings. The number of fused-ring (bicyclic) bond motifs is 1. The van der Waals surface area contributed by atoms with Crippen molar-refractivity contribution in [2.45, 2.75) is 57.3 Å². The maximum Gasteiger partial charge on any atom is 0.410 e. The summed E-state index contributed by atoms with van der Waals surface area (Å²) in [7, 11) is 0. The molecule has 10 heteroatoms. The molecule has 5 rings (SSSR count). The zero-order chi connectivity index (χ0) is 21.2. The lowest BCUT2D eigenvalue weighted by Crippen LogP contribution is -2.40. The molecule has 0 aromatic carbocycles. The highest BCUT2D eigenvalue weighted by Crippen LogP contribution is 2.28. The molecular weight excluding hydrogens is 400 g/mol. The average molecular weight is 431 g/mol. The first-order valence-corrected chi connectivity index (χ1v) is 11.3. The van der Waals surface area contributed by atoms with Crippen LogP contribution in [0.5, 0.6) is 0 Å². The third kappa shape index (κ3) is 4.45. The van der Waals surface area contributed by atoms with Crippen molar-refractivity contribution in [2.24, 2.45) is 5.92 Å². The number of nitrogen functional groups attached to an aromatic ring is 1. The Bertz CT molecular complexity index is 914. The van der Waals surface area contributed by atoms with Gasteiger partial charge in [-0.1, -0.05) is 0 Å². The molecule has 0 bridgehead atoms. The first-order chi connectivity index (χ1) is 15.2. The van der Waals surface area contributed by atoms with Crippen LogP contribution in [0, 0.1) is 5.92 Å². The number of hydrogen-bond acceptors (Lipinski definition) is 8. The first kappa shape index (κ1) is 20.4. The second kappa shape index (κ2) is 8.96. The third-order valence-corrected chi connectivity index (χ3v) is 6.51. The molecule has 0 aliphatic carbocycles. The molecule has 2 aromatic rings. The Labute approximate surface area is 181 Å². The molecule has 5 heterocycles. The largest absolute Gasteiger partial charge is 0.444 e. The summed E-state index contributed by atoms with van der Waals surface area (Å²) in [4.78, 5) is 27.8. The van der Waals surface area contributed by atoms with Gasteiger partial charge in [-0.05, 0) is 38.0 Å². The number of carbonyl (C=O) groups is 1. The summed E-state index contributed by atoms with van der Waals surface area (Å²) in [6.45, 7) is 3.41. The van der Waals surface area contributed by atoms with Crippen LogP contribution in [0.15, 0.2) is 6.33 Å². The lowest BCUT2D eigenvalue weighted by molar-refractivity contribution is 0.0459. The molecule has 0 saturated carbocycles. The number of piperidine rings is 1. The van der Waals surface area contributed by atoms with E-state index in [2.05, 4.69) is 9.97 Å². The standard InChI is InChI=1S/C21H30N6O4/c22-19-18-20(27(13-23-18)17-2-1-10-30-17)25-16(24-19)4-3-14-5-8-26(9-6-14)21(28)31-15-7-11-29-12-15/h13-15,17H,1-12H2,(H2,22,24,25)/t15?,17-/m1/s1. The number of imidazole rings is 1. The lowest BCUT2D eigenvalue weighted by atomic mass is 9.92. The van der Waals surface area contributed by atoms with E-state index >= 15 is 0 Å². The van der Waals surface area contributed by atoms with E-state index in [4.69, 9.17) is 24.9 Å². The maximum atomic E-state index is 12.3. The van der Waals surface area contributed by atoms with E-state index in [1.54, 1.807) is 6.33 Å². The number of rotatable bonds is 5. The molecule has 31 heavy (non-hydrogen) atoms. The molecule has 2 atom stereocenters. The number of carbonyl (C=O) groups excluding carboxylic acids is 1. The summed E-state index contributed by atoms with van der Waals surface area (Å²) in [6.07, 6.45) is 7.87. The number of anilines is 1. The van der Waals surface area contributed by atoms with Crippen LogP contribution in [-0.2, 0) is 20.6 Å². The Morgan fingerprint density at radius 2 is 2.06 bits per heavy atom. The summed E-state index contributed by atoms with van der Waals surface area (Å²) < 4.78 is 18.6. The molecule has 3 aliphatic heterocycles. The molecule has 3 fully saturated rings. The zero-order valence-electron chi connectivity index (χ0n) is 17.7. The Hall–Kier alpha value is -2.46. The lowest BCUT2D eigenvalue weighted by Gasteiger charge is -2.31. The summed E-state index contributed by atoms with van der Waals surface area (Å²) >= 11 is 0. The summed E-state index contributed by atoms with van der Waals surface area (Å²) in [5.41, 5.74) is 7.55. The van der Waals surface area contributed by atoms with E-state index in [0.29, 0.717) is 30.5 Å². The second-order valence-corrected chi connectivity index (χ2v) is 8.66. The van der Waals surface area contributed by atoms with Crippen molar-refractivity contribution in [2.75, 3.05) is 38.6 Å². The number of hydrogen-bond donors (Lipinski definition) is 1. The van der Waals surface area contributed by atoms with Crippen LogP contribution in [0.4, 0.5) is 10.6 Å². The Morgan fingerprint density at radius 1 is 1.19 bits per heavy atom. The van der Waals surface area contributed by atoms with Gasteiger partial charge in [0.25, 0.3) is 0 Å². The predicted molar refractivity (Wildman–Crippen MR) is 112 cm³/mol. The van der Waals surface area contributed by atoms with Gasteiger partial charge < -0.3 is 24.8 Å². The fourth-order valence-corrected chi connectivity index (χ4v) is 4.65. The molecule has 1 amide bonds. The molecule has 2 N–H and O–H groups in total. The molecule has 1 unspecified atom stereocenters. The van der Waals surface area contributed by atoms with Crippen LogP contribution in [0.3, 0.4) is 0 Å². The monoisotopic (exact) mass is 430 g/mol. The minimum atomic E-state index is -0.210. The summed E-state index contributed by atoms with van der Waals surface area (Å²) in [6, 6.07) is 0. The minimum absolute atomic E-state index is 0.0213. The number of aryl methyl sites for hydroxylation is 1. The normalized spacial score (nSPS) is 24.8. The van der Waals surface area contributed by atoms with Crippen LogP contribution < -0.4 is 5.73 Å². The first-order valence-electron chi connectivity index (χ1n) is 11.3. The fraction of sp³-hybridized carbons (Fsp3) is 0.714. The van der Waals surface area contributed by atoms with Crippen LogP contribution in [0.25, 0.3) is 11.2 Å². The fourth-order valence-electron chi connectivity index (χ4n) is 4.65. The Balaban J connectivity index is 1.16. The van der Waals surface area contributed by atoms with Gasteiger partial charge in [0.1, 0.15) is 23.7 Å². The maximum absolute atomic E-state index is 12.3. The van der Waals surface area contributed by atoms with Gasteiger partial charge in [-0.25, -0.2) is 19.7 Å². The number of nitrogens with zero attached hydrogens (tertiary/aromatic N) is 5. The van der Waals surface area contributed by atoms with E-state index in [9.17, 15) is 4.79 Å². The van der Waals surface area contributed by atoms with E-state index in [1.807, 2.05) is 9.47 Å². The molecule has 168 valence electrons. The van der Waals surface area contributed by atoms with Crippen LogP contribution in [0.2, 0.25) is 0 Å². The van der Waals surface area contributed by atoms with Crippen molar-refractivity contribution >= 4 is 23.1 Å². The summed E-state index contributed by atoms with van der Waals surface area (Å²) in [5.74, 6) is 1.69. The molecule has 10 nitrogen and oxygen atoms in total. The van der Waals surface area contributed by atoms with Gasteiger partial charge in [0.15, 0.2) is 11.5 Å². The quantitative estimate of drug-likeness (QED) is 0.768. The van der Waals surface area contributed by atoms with Crippen LogP contribution in [0.1, 0.15) is 50.6 Å². The van der Waals surface area contributed by atoms with Crippen molar-refractivity contribution in [1.29, 1.82) is 0 Å². The number of aromatic nitrogens is 4. The SMILES string of the molecule is Nc1nc(CCC2CCN(C(=O)OC3CCOC3)CC2)nc2c1ncn2[C@H]1CCCO1. The third-order valence-electron chi connectivity index (χ3n) is 6.51. The Kier molecular flexibility index (Phi) is 5.91. The Morgan fingerprint density at radius 3 is 2.81 bits per heavy atom. The van der Waals surface area contributed by atoms with Crippen molar-refractivity contribution in [3.63, 3.8) is 0 Å². The molecule has 3 saturated heterocycles. The van der Waals surface area contributed by atoms with Gasteiger partial charge in [-0.3, -0.25) is 4.57 Å². The molecule has 2 aromatic heterocycles. The van der Waals surface area contributed by atoms with Crippen molar-refractivity contribution in [3.8, 4) is 0 Å². The number of likely N-dealkylation sites (tertiary alicyclic amines) is 1. The zero-order valence-corrected chi connectivity index (χ0v) is 17.7. The summed E-state index contributed by atoms with van der Waals surface area (Å²) in [5, 5.41) is 0. The average Bonchev–Trinajstić information content (AvgIpc) is 3.54. The van der Waals surface area contributed by atoms with Gasteiger partial charge in [-0.15, -0.1) is 0 Å². The van der Waals surface area contributed by atoms with E-state index in [1.165, 1.54) is 0 Å². The van der Waals surface area contributed by atoms with E-state index < -0.39 is 0 Å². The van der Waals surface area contributed by atoms with Gasteiger partial charge in [0, 0.05) is 32.5 Å². The number of amides is 1. The molecule has 0 spiro atoms. The predicted octanol–water partition coefficient (Wildman–Crippen LogP) is 2.29. The minimum Gasteiger partial charge on any atom is -0.444 e. The topological polar surface area (TPSA) is 118 Å². The molecule has 0 radical (unpaired) electrons.